The quantitative estimate of drug-likeness (QED) is 0.607. The van der Waals surface area contributed by atoms with Gasteiger partial charge in [-0.1, -0.05) is 11.2 Å². The van der Waals surface area contributed by atoms with Crippen LogP contribution < -0.4 is 10.2 Å². The van der Waals surface area contributed by atoms with E-state index in [2.05, 4.69) is 37.5 Å². The molecule has 124 valence electrons. The number of nitrogens with zero attached hydrogens (tertiary/aromatic N) is 4. The molecule has 3 aromatic heterocycles. The van der Waals surface area contributed by atoms with Crippen LogP contribution >= 0.6 is 0 Å². The van der Waals surface area contributed by atoms with E-state index in [1.54, 1.807) is 12.4 Å². The molecule has 0 spiro atoms. The molecule has 4 rings (SSSR count). The highest BCUT2D eigenvalue weighted by Crippen LogP contribution is 2.28. The van der Waals surface area contributed by atoms with E-state index in [-0.39, 0.29) is 0 Å². The van der Waals surface area contributed by atoms with Gasteiger partial charge >= 0.3 is 0 Å². The van der Waals surface area contributed by atoms with E-state index in [0.717, 1.165) is 28.0 Å². The van der Waals surface area contributed by atoms with E-state index in [9.17, 15) is 0 Å². The molecule has 0 radical (unpaired) electrons. The highest BCUT2D eigenvalue weighted by atomic mass is 16.5. The minimum absolute atomic E-state index is 0.493. The smallest absolute Gasteiger partial charge is 0.260 e. The number of hydrogen-bond acceptors (Lipinski definition) is 6. The van der Waals surface area contributed by atoms with Crippen LogP contribution in [0, 0.1) is 0 Å². The van der Waals surface area contributed by atoms with E-state index in [1.165, 1.54) is 0 Å². The third-order valence-electron chi connectivity index (χ3n) is 3.91. The van der Waals surface area contributed by atoms with Gasteiger partial charge in [0.2, 0.25) is 0 Å². The summed E-state index contributed by atoms with van der Waals surface area (Å²) in [4.78, 5) is 10.7. The van der Waals surface area contributed by atoms with Gasteiger partial charge in [0.15, 0.2) is 0 Å². The van der Waals surface area contributed by atoms with Crippen molar-refractivity contribution in [2.45, 2.75) is 0 Å². The monoisotopic (exact) mass is 331 g/mol. The molecule has 25 heavy (non-hydrogen) atoms. The molecule has 3 heterocycles. The van der Waals surface area contributed by atoms with Crippen LogP contribution in [0.15, 0.2) is 65.4 Å². The average Bonchev–Trinajstić information content (AvgIpc) is 3.06. The fraction of sp³-hybridized carbons (Fsp3) is 0.105. The maximum absolute atomic E-state index is 5.41. The van der Waals surface area contributed by atoms with E-state index in [4.69, 9.17) is 4.52 Å². The molecule has 4 aromatic rings. The van der Waals surface area contributed by atoms with Gasteiger partial charge < -0.3 is 14.7 Å². The fourth-order valence-electron chi connectivity index (χ4n) is 2.62. The number of fused-ring (bicyclic) bond motifs is 1. The molecule has 0 unspecified atom stereocenters. The summed E-state index contributed by atoms with van der Waals surface area (Å²) >= 11 is 0. The number of pyridine rings is 2. The van der Waals surface area contributed by atoms with Crippen LogP contribution in [-0.2, 0) is 0 Å². The molecule has 6 heteroatoms. The Balaban J connectivity index is 1.65. The van der Waals surface area contributed by atoms with Crippen molar-refractivity contribution < 1.29 is 4.52 Å². The number of benzene rings is 1. The van der Waals surface area contributed by atoms with Crippen LogP contribution in [-0.4, -0.2) is 29.2 Å². The van der Waals surface area contributed by atoms with Gasteiger partial charge in [-0.3, -0.25) is 4.98 Å². The summed E-state index contributed by atoms with van der Waals surface area (Å²) in [6.07, 6.45) is 3.49. The van der Waals surface area contributed by atoms with Crippen molar-refractivity contribution >= 4 is 28.3 Å². The lowest BCUT2D eigenvalue weighted by Gasteiger charge is -2.14. The van der Waals surface area contributed by atoms with Crippen molar-refractivity contribution in [1.29, 1.82) is 0 Å². The van der Waals surface area contributed by atoms with Gasteiger partial charge in [0.25, 0.3) is 5.71 Å². The summed E-state index contributed by atoms with van der Waals surface area (Å²) in [5.41, 5.74) is 4.22. The third-order valence-corrected chi connectivity index (χ3v) is 3.91. The Morgan fingerprint density at radius 1 is 1.04 bits per heavy atom. The summed E-state index contributed by atoms with van der Waals surface area (Å²) in [6, 6.07) is 15.8. The average molecular weight is 331 g/mol. The zero-order valence-electron chi connectivity index (χ0n) is 14.0. The molecule has 1 N–H and O–H groups in total. The first-order valence-electron chi connectivity index (χ1n) is 7.92. The van der Waals surface area contributed by atoms with Crippen molar-refractivity contribution in [3.8, 4) is 11.3 Å². The molecule has 0 aliphatic rings. The van der Waals surface area contributed by atoms with Gasteiger partial charge in [0.05, 0.1) is 5.39 Å². The minimum Gasteiger partial charge on any atom is -0.378 e. The standard InChI is InChI=1S/C19H17N5O/c1-24(2)15-7-3-6-14(11-15)21-17-9-8-16-18(23-25-19(16)22-17)13-5-4-10-20-12-13/h3-12H,1-2H3,(H,21,22). The SMILES string of the molecule is CN(C)c1cccc(Nc2ccc3c(-c4cccnc4)noc3n2)c1. The molecule has 0 fully saturated rings. The largest absolute Gasteiger partial charge is 0.378 e. The number of aromatic nitrogens is 3. The molecule has 0 saturated carbocycles. The summed E-state index contributed by atoms with van der Waals surface area (Å²) < 4.78 is 5.41. The second-order valence-electron chi connectivity index (χ2n) is 5.89. The van der Waals surface area contributed by atoms with Crippen molar-refractivity contribution in [2.75, 3.05) is 24.3 Å². The van der Waals surface area contributed by atoms with Crippen LogP contribution in [0.4, 0.5) is 17.2 Å². The second kappa shape index (κ2) is 6.24. The van der Waals surface area contributed by atoms with E-state index < -0.39 is 0 Å². The van der Waals surface area contributed by atoms with Gasteiger partial charge in [-0.2, -0.15) is 4.98 Å². The van der Waals surface area contributed by atoms with Gasteiger partial charge in [0, 0.05) is 43.4 Å². The lowest BCUT2D eigenvalue weighted by Crippen LogP contribution is -2.08. The summed E-state index contributed by atoms with van der Waals surface area (Å²) in [5.74, 6) is 0.706. The van der Waals surface area contributed by atoms with Crippen LogP contribution in [0.1, 0.15) is 0 Å². The maximum atomic E-state index is 5.41. The number of rotatable bonds is 4. The lowest BCUT2D eigenvalue weighted by molar-refractivity contribution is 0.452. The molecule has 0 bridgehead atoms. The zero-order valence-corrected chi connectivity index (χ0v) is 14.0. The Morgan fingerprint density at radius 3 is 2.76 bits per heavy atom. The first-order chi connectivity index (χ1) is 12.2. The normalized spacial score (nSPS) is 10.8. The van der Waals surface area contributed by atoms with Crippen molar-refractivity contribution in [2.24, 2.45) is 0 Å². The molecule has 0 aliphatic carbocycles. The Labute approximate surface area is 145 Å². The van der Waals surface area contributed by atoms with Crippen LogP contribution in [0.5, 0.6) is 0 Å². The summed E-state index contributed by atoms with van der Waals surface area (Å²) in [5, 5.41) is 8.30. The van der Waals surface area contributed by atoms with E-state index in [1.807, 2.05) is 50.5 Å². The Kier molecular flexibility index (Phi) is 3.78. The number of nitrogens with one attached hydrogen (secondary N) is 1. The zero-order chi connectivity index (χ0) is 17.2. The molecule has 1 aromatic carbocycles. The maximum Gasteiger partial charge on any atom is 0.260 e. The van der Waals surface area contributed by atoms with E-state index in [0.29, 0.717) is 11.5 Å². The Morgan fingerprint density at radius 2 is 1.96 bits per heavy atom. The van der Waals surface area contributed by atoms with Crippen molar-refractivity contribution in [1.82, 2.24) is 15.1 Å². The second-order valence-corrected chi connectivity index (χ2v) is 5.89. The summed E-state index contributed by atoms with van der Waals surface area (Å²) in [7, 11) is 4.02. The topological polar surface area (TPSA) is 67.1 Å². The first-order valence-corrected chi connectivity index (χ1v) is 7.92. The van der Waals surface area contributed by atoms with E-state index >= 15 is 0 Å². The molecule has 0 aliphatic heterocycles. The summed E-state index contributed by atoms with van der Waals surface area (Å²) in [6.45, 7) is 0. The number of hydrogen-bond donors (Lipinski definition) is 1. The lowest BCUT2D eigenvalue weighted by atomic mass is 10.1. The van der Waals surface area contributed by atoms with Crippen molar-refractivity contribution in [3.05, 3.63) is 60.9 Å². The van der Waals surface area contributed by atoms with Gasteiger partial charge in [0.1, 0.15) is 11.5 Å². The fourth-order valence-corrected chi connectivity index (χ4v) is 2.62. The Hall–Kier alpha value is -3.41. The van der Waals surface area contributed by atoms with Crippen LogP contribution in [0.3, 0.4) is 0 Å². The highest BCUT2D eigenvalue weighted by molar-refractivity contribution is 5.90. The van der Waals surface area contributed by atoms with Gasteiger partial charge in [-0.05, 0) is 42.5 Å². The predicted octanol–water partition coefficient (Wildman–Crippen LogP) is 4.09. The first kappa shape index (κ1) is 15.1. The molecule has 0 atom stereocenters. The van der Waals surface area contributed by atoms with Gasteiger partial charge in [-0.15, -0.1) is 0 Å². The minimum atomic E-state index is 0.493. The third kappa shape index (κ3) is 3.01. The van der Waals surface area contributed by atoms with Crippen LogP contribution in [0.25, 0.3) is 22.4 Å². The predicted molar refractivity (Wildman–Crippen MR) is 99.1 cm³/mol. The Bertz CT molecular complexity index is 1010. The molecule has 6 nitrogen and oxygen atoms in total. The van der Waals surface area contributed by atoms with Crippen molar-refractivity contribution in [3.63, 3.8) is 0 Å². The molecule has 0 amide bonds. The number of anilines is 3. The highest BCUT2D eigenvalue weighted by Gasteiger charge is 2.12. The van der Waals surface area contributed by atoms with Gasteiger partial charge in [-0.25, -0.2) is 0 Å². The van der Waals surface area contributed by atoms with Crippen LogP contribution in [0.2, 0.25) is 0 Å². The molecular formula is C19H17N5O. The molecular weight excluding hydrogens is 314 g/mol. The molecule has 0 saturated heterocycles.